The van der Waals surface area contributed by atoms with Crippen molar-refractivity contribution in [1.29, 1.82) is 0 Å². The van der Waals surface area contributed by atoms with Crippen LogP contribution >= 0.6 is 0 Å². The second-order valence-electron chi connectivity index (χ2n) is 7.35. The Bertz CT molecular complexity index is 1130. The van der Waals surface area contributed by atoms with Crippen LogP contribution in [0.15, 0.2) is 29.2 Å². The third-order valence-corrected chi connectivity index (χ3v) is 6.99. The number of esters is 1. The molecule has 1 aliphatic heterocycles. The molecule has 172 valence electrons. The van der Waals surface area contributed by atoms with Crippen LogP contribution in [0.5, 0.6) is 0 Å². The number of carbonyl (C=O) groups is 3. The van der Waals surface area contributed by atoms with Crippen LogP contribution in [0.1, 0.15) is 39.0 Å². The minimum absolute atomic E-state index is 0.114. The van der Waals surface area contributed by atoms with Gasteiger partial charge in [-0.25, -0.2) is 13.2 Å². The van der Waals surface area contributed by atoms with Gasteiger partial charge in [0.05, 0.1) is 18.1 Å². The highest BCUT2D eigenvalue weighted by atomic mass is 32.2. The summed E-state index contributed by atoms with van der Waals surface area (Å²) >= 11 is 0. The SMILES string of the molecule is CC(=O)c1c(C)[nH]c(C(=O)OCC(=O)Nc2ccc(S(=O)(=O)N3CCOCC3)cc2)c1C. The van der Waals surface area contributed by atoms with Gasteiger partial charge in [0, 0.05) is 30.0 Å². The van der Waals surface area contributed by atoms with Crippen molar-refractivity contribution in [1.82, 2.24) is 9.29 Å². The molecule has 1 aromatic carbocycles. The van der Waals surface area contributed by atoms with Gasteiger partial charge >= 0.3 is 5.97 Å². The maximum absolute atomic E-state index is 12.6. The third-order valence-electron chi connectivity index (χ3n) is 5.07. The van der Waals surface area contributed by atoms with E-state index in [2.05, 4.69) is 10.3 Å². The molecule has 0 bridgehead atoms. The summed E-state index contributed by atoms with van der Waals surface area (Å²) in [6.07, 6.45) is 0. The number of rotatable bonds is 7. The van der Waals surface area contributed by atoms with Gasteiger partial charge in [-0.3, -0.25) is 9.59 Å². The molecule has 1 aliphatic rings. The van der Waals surface area contributed by atoms with Crippen LogP contribution in [0, 0.1) is 13.8 Å². The van der Waals surface area contributed by atoms with Crippen LogP contribution in [0.3, 0.4) is 0 Å². The zero-order chi connectivity index (χ0) is 23.5. The van der Waals surface area contributed by atoms with Gasteiger partial charge in [-0.1, -0.05) is 0 Å². The number of hydrogen-bond donors (Lipinski definition) is 2. The lowest BCUT2D eigenvalue weighted by Crippen LogP contribution is -2.40. The molecule has 0 saturated carbocycles. The molecule has 0 aliphatic carbocycles. The predicted molar refractivity (Wildman–Crippen MR) is 115 cm³/mol. The number of ether oxygens (including phenoxy) is 2. The Kier molecular flexibility index (Phi) is 7.12. The second-order valence-corrected chi connectivity index (χ2v) is 9.28. The van der Waals surface area contributed by atoms with E-state index in [-0.39, 0.29) is 16.4 Å². The topological polar surface area (TPSA) is 135 Å². The van der Waals surface area contributed by atoms with E-state index in [9.17, 15) is 22.8 Å². The molecule has 3 rings (SSSR count). The summed E-state index contributed by atoms with van der Waals surface area (Å²) in [4.78, 5) is 39.1. The Balaban J connectivity index is 1.58. The zero-order valence-corrected chi connectivity index (χ0v) is 18.9. The zero-order valence-electron chi connectivity index (χ0n) is 18.1. The second kappa shape index (κ2) is 9.63. The summed E-state index contributed by atoms with van der Waals surface area (Å²) < 4.78 is 36.8. The minimum Gasteiger partial charge on any atom is -0.451 e. The summed E-state index contributed by atoms with van der Waals surface area (Å²) in [5.74, 6) is -1.51. The number of aryl methyl sites for hydroxylation is 1. The molecule has 2 aromatic rings. The molecule has 32 heavy (non-hydrogen) atoms. The molecule has 1 amide bonds. The van der Waals surface area contributed by atoms with E-state index in [0.717, 1.165) is 0 Å². The van der Waals surface area contributed by atoms with Crippen LogP contribution in [-0.2, 0) is 24.3 Å². The molecule has 11 heteroatoms. The van der Waals surface area contributed by atoms with Crippen molar-refractivity contribution >= 4 is 33.4 Å². The van der Waals surface area contributed by atoms with E-state index in [4.69, 9.17) is 9.47 Å². The number of ketones is 1. The average molecular weight is 464 g/mol. The lowest BCUT2D eigenvalue weighted by atomic mass is 10.1. The van der Waals surface area contributed by atoms with Crippen LogP contribution in [0.2, 0.25) is 0 Å². The molecule has 2 N–H and O–H groups in total. The van der Waals surface area contributed by atoms with Crippen LogP contribution in [0.4, 0.5) is 5.69 Å². The summed E-state index contributed by atoms with van der Waals surface area (Å²) in [7, 11) is -3.63. The predicted octanol–water partition coefficient (Wildman–Crippen LogP) is 1.65. The maximum atomic E-state index is 12.6. The highest BCUT2D eigenvalue weighted by Gasteiger charge is 2.26. The van der Waals surface area contributed by atoms with Gasteiger partial charge in [0.1, 0.15) is 5.69 Å². The standard InChI is InChI=1S/C21H25N3O7S/c1-13-19(15(3)25)14(2)22-20(13)21(27)31-12-18(26)23-16-4-6-17(7-5-16)32(28,29)24-8-10-30-11-9-24/h4-7,22H,8-12H2,1-3H3,(H,23,26). The molecule has 2 heterocycles. The number of nitrogens with one attached hydrogen (secondary N) is 2. The number of H-pyrrole nitrogens is 1. The molecule has 1 aromatic heterocycles. The summed E-state index contributed by atoms with van der Waals surface area (Å²) in [6.45, 7) is 5.45. The van der Waals surface area contributed by atoms with Crippen molar-refractivity contribution in [2.75, 3.05) is 38.2 Å². The highest BCUT2D eigenvalue weighted by Crippen LogP contribution is 2.20. The first-order chi connectivity index (χ1) is 15.1. The monoisotopic (exact) mass is 463 g/mol. The Labute approximate surface area is 185 Å². The quantitative estimate of drug-likeness (QED) is 0.471. The molecular weight excluding hydrogens is 438 g/mol. The van der Waals surface area contributed by atoms with Crippen molar-refractivity contribution in [2.45, 2.75) is 25.7 Å². The molecule has 1 fully saturated rings. The summed E-state index contributed by atoms with van der Waals surface area (Å²) in [5, 5.41) is 2.55. The Morgan fingerprint density at radius 1 is 1.12 bits per heavy atom. The molecule has 0 atom stereocenters. The molecule has 1 saturated heterocycles. The van der Waals surface area contributed by atoms with Crippen molar-refractivity contribution in [3.8, 4) is 0 Å². The number of anilines is 1. The smallest absolute Gasteiger partial charge is 0.355 e. The summed E-state index contributed by atoms with van der Waals surface area (Å²) in [6, 6.07) is 5.73. The Morgan fingerprint density at radius 3 is 2.31 bits per heavy atom. The van der Waals surface area contributed by atoms with E-state index in [1.54, 1.807) is 13.8 Å². The average Bonchev–Trinajstić information content (AvgIpc) is 3.07. The largest absolute Gasteiger partial charge is 0.451 e. The van der Waals surface area contributed by atoms with Gasteiger partial charge < -0.3 is 19.8 Å². The number of aromatic amines is 1. The van der Waals surface area contributed by atoms with Crippen molar-refractivity contribution in [2.24, 2.45) is 0 Å². The minimum atomic E-state index is -3.63. The van der Waals surface area contributed by atoms with Gasteiger partial charge in [0.15, 0.2) is 12.4 Å². The number of aromatic nitrogens is 1. The Hall–Kier alpha value is -3.02. The van der Waals surface area contributed by atoms with Gasteiger partial charge in [0.25, 0.3) is 5.91 Å². The van der Waals surface area contributed by atoms with Crippen LogP contribution in [0.25, 0.3) is 0 Å². The van der Waals surface area contributed by atoms with E-state index < -0.39 is 28.5 Å². The number of hydrogen-bond acceptors (Lipinski definition) is 7. The van der Waals surface area contributed by atoms with Crippen molar-refractivity contribution in [3.63, 3.8) is 0 Å². The van der Waals surface area contributed by atoms with E-state index in [1.807, 2.05) is 0 Å². The van der Waals surface area contributed by atoms with Crippen LogP contribution in [-0.4, -0.2) is 68.3 Å². The first kappa shape index (κ1) is 23.6. The molecule has 10 nitrogen and oxygen atoms in total. The molecular formula is C21H25N3O7S. The normalized spacial score (nSPS) is 14.7. The first-order valence-electron chi connectivity index (χ1n) is 9.96. The lowest BCUT2D eigenvalue weighted by Gasteiger charge is -2.26. The van der Waals surface area contributed by atoms with E-state index in [1.165, 1.54) is 35.5 Å². The fraction of sp³-hybridized carbons (Fsp3) is 0.381. The number of sulfonamides is 1. The van der Waals surface area contributed by atoms with Crippen LogP contribution < -0.4 is 5.32 Å². The van der Waals surface area contributed by atoms with Gasteiger partial charge in [-0.05, 0) is 50.6 Å². The molecule has 0 unspecified atom stereocenters. The lowest BCUT2D eigenvalue weighted by molar-refractivity contribution is -0.119. The number of nitrogens with zero attached hydrogens (tertiary/aromatic N) is 1. The fourth-order valence-corrected chi connectivity index (χ4v) is 4.94. The fourth-order valence-electron chi connectivity index (χ4n) is 3.53. The first-order valence-corrected chi connectivity index (χ1v) is 11.4. The number of benzene rings is 1. The summed E-state index contributed by atoms with van der Waals surface area (Å²) in [5.41, 5.74) is 1.93. The maximum Gasteiger partial charge on any atom is 0.355 e. The van der Waals surface area contributed by atoms with Gasteiger partial charge in [-0.15, -0.1) is 0 Å². The molecule has 0 radical (unpaired) electrons. The van der Waals surface area contributed by atoms with Crippen molar-refractivity contribution in [3.05, 3.63) is 46.8 Å². The highest BCUT2D eigenvalue weighted by molar-refractivity contribution is 7.89. The number of amides is 1. The van der Waals surface area contributed by atoms with E-state index in [0.29, 0.717) is 48.8 Å². The third kappa shape index (κ3) is 5.06. The van der Waals surface area contributed by atoms with Gasteiger partial charge in [-0.2, -0.15) is 4.31 Å². The number of Topliss-reactive ketones (excluding diaryl/α,β-unsaturated/α-hetero) is 1. The number of carbonyl (C=O) groups excluding carboxylic acids is 3. The number of morpholine rings is 1. The van der Waals surface area contributed by atoms with Crippen molar-refractivity contribution < 1.29 is 32.3 Å². The molecule has 0 spiro atoms. The van der Waals surface area contributed by atoms with E-state index >= 15 is 0 Å². The Morgan fingerprint density at radius 2 is 1.75 bits per heavy atom. The van der Waals surface area contributed by atoms with Gasteiger partial charge in [0.2, 0.25) is 10.0 Å².